The van der Waals surface area contributed by atoms with E-state index in [-0.39, 0.29) is 18.2 Å². The van der Waals surface area contributed by atoms with E-state index in [1.807, 2.05) is 6.92 Å². The molecule has 104 valence electrons. The lowest BCUT2D eigenvalue weighted by Gasteiger charge is -2.22. The third kappa shape index (κ3) is 2.39. The summed E-state index contributed by atoms with van der Waals surface area (Å²) < 4.78 is 0. The molecular formula is C13H16ClNO4. The van der Waals surface area contributed by atoms with Crippen LogP contribution in [0.4, 0.5) is 0 Å². The Balaban J connectivity index is 2.27. The first-order valence-corrected chi connectivity index (χ1v) is 6.79. The first kappa shape index (κ1) is 14.1. The number of hydrogen-bond acceptors (Lipinski definition) is 3. The zero-order chi connectivity index (χ0) is 14.2. The largest absolute Gasteiger partial charge is 0.480 e. The Morgan fingerprint density at radius 2 is 2.11 bits per heavy atom. The first-order chi connectivity index (χ1) is 8.97. The van der Waals surface area contributed by atoms with Crippen LogP contribution in [0, 0.1) is 11.8 Å². The molecule has 0 aromatic rings. The van der Waals surface area contributed by atoms with Crippen LogP contribution in [0.1, 0.15) is 32.6 Å². The number of imide groups is 1. The van der Waals surface area contributed by atoms with Crippen LogP contribution in [-0.4, -0.2) is 33.8 Å². The van der Waals surface area contributed by atoms with Gasteiger partial charge >= 0.3 is 5.97 Å². The van der Waals surface area contributed by atoms with E-state index in [9.17, 15) is 19.5 Å². The van der Waals surface area contributed by atoms with Gasteiger partial charge in [-0.15, -0.1) is 0 Å². The molecule has 3 atom stereocenters. The van der Waals surface area contributed by atoms with Crippen molar-refractivity contribution in [1.29, 1.82) is 0 Å². The maximum Gasteiger partial charge on any atom is 0.326 e. The van der Waals surface area contributed by atoms with Gasteiger partial charge in [-0.25, -0.2) is 4.79 Å². The fraction of sp³-hybridized carbons (Fsp3) is 0.615. The van der Waals surface area contributed by atoms with Crippen molar-refractivity contribution < 1.29 is 19.5 Å². The van der Waals surface area contributed by atoms with Crippen LogP contribution in [0.3, 0.4) is 0 Å². The molecule has 1 aliphatic carbocycles. The van der Waals surface area contributed by atoms with Crippen LogP contribution in [0.25, 0.3) is 0 Å². The van der Waals surface area contributed by atoms with Gasteiger partial charge in [-0.3, -0.25) is 14.5 Å². The summed E-state index contributed by atoms with van der Waals surface area (Å²) >= 11 is 5.91. The minimum Gasteiger partial charge on any atom is -0.480 e. The van der Waals surface area contributed by atoms with Gasteiger partial charge < -0.3 is 5.11 Å². The van der Waals surface area contributed by atoms with Crippen molar-refractivity contribution in [3.05, 3.63) is 11.1 Å². The minimum absolute atomic E-state index is 0.285. The summed E-state index contributed by atoms with van der Waals surface area (Å²) in [6, 6.07) is -1.05. The molecule has 0 radical (unpaired) electrons. The molecule has 2 rings (SSSR count). The van der Waals surface area contributed by atoms with Crippen molar-refractivity contribution in [3.63, 3.8) is 0 Å². The van der Waals surface area contributed by atoms with Gasteiger partial charge in [0, 0.05) is 5.03 Å². The molecule has 0 aromatic heterocycles. The van der Waals surface area contributed by atoms with E-state index in [0.29, 0.717) is 24.3 Å². The highest BCUT2D eigenvalue weighted by atomic mass is 35.5. The average Bonchev–Trinajstić information content (AvgIpc) is 2.59. The van der Waals surface area contributed by atoms with Crippen LogP contribution in [-0.2, 0) is 14.4 Å². The van der Waals surface area contributed by atoms with Crippen LogP contribution in [0.15, 0.2) is 11.1 Å². The quantitative estimate of drug-likeness (QED) is 0.799. The Kier molecular flexibility index (Phi) is 3.94. The molecule has 0 unspecified atom stereocenters. The molecule has 1 saturated heterocycles. The van der Waals surface area contributed by atoms with E-state index >= 15 is 0 Å². The average molecular weight is 286 g/mol. The van der Waals surface area contributed by atoms with E-state index in [2.05, 4.69) is 0 Å². The lowest BCUT2D eigenvalue weighted by Crippen LogP contribution is -2.45. The SMILES string of the molecule is CCC[C@@H](C(=O)O)N1C(=O)[C@H]2CC=C(Cl)C[C@@H]2C1=O. The Bertz CT molecular complexity index is 460. The number of halogens is 1. The molecule has 0 saturated carbocycles. The summed E-state index contributed by atoms with van der Waals surface area (Å²) in [6.07, 6.45) is 3.39. The normalized spacial score (nSPS) is 28.1. The molecule has 1 N–H and O–H groups in total. The number of likely N-dealkylation sites (tertiary alicyclic amines) is 1. The molecule has 2 aliphatic rings. The highest BCUT2D eigenvalue weighted by Gasteiger charge is 2.51. The Hall–Kier alpha value is -1.36. The number of nitrogens with zero attached hydrogens (tertiary/aromatic N) is 1. The lowest BCUT2D eigenvalue weighted by molar-refractivity contribution is -0.155. The summed E-state index contributed by atoms with van der Waals surface area (Å²) in [5.74, 6) is -2.79. The van der Waals surface area contributed by atoms with Crippen molar-refractivity contribution in [2.75, 3.05) is 0 Å². The fourth-order valence-electron chi connectivity index (χ4n) is 2.80. The number of aliphatic carboxylic acids is 1. The van der Waals surface area contributed by atoms with Gasteiger partial charge in [0.2, 0.25) is 11.8 Å². The minimum atomic E-state index is -1.12. The number of carbonyl (C=O) groups excluding carboxylic acids is 2. The molecule has 5 nitrogen and oxygen atoms in total. The molecular weight excluding hydrogens is 270 g/mol. The van der Waals surface area contributed by atoms with Gasteiger partial charge in [-0.1, -0.05) is 31.0 Å². The second kappa shape index (κ2) is 5.33. The second-order valence-electron chi connectivity index (χ2n) is 4.99. The molecule has 1 fully saturated rings. The summed E-state index contributed by atoms with van der Waals surface area (Å²) in [5, 5.41) is 9.78. The summed E-state index contributed by atoms with van der Waals surface area (Å²) in [6.45, 7) is 1.83. The number of carbonyl (C=O) groups is 3. The van der Waals surface area contributed by atoms with Crippen molar-refractivity contribution in [2.24, 2.45) is 11.8 Å². The Labute approximate surface area is 116 Å². The van der Waals surface area contributed by atoms with Gasteiger partial charge in [-0.05, 0) is 19.3 Å². The number of amides is 2. The third-order valence-corrected chi connectivity index (χ3v) is 4.07. The van der Waals surface area contributed by atoms with Gasteiger partial charge in [0.15, 0.2) is 0 Å². The van der Waals surface area contributed by atoms with Gasteiger partial charge in [0.05, 0.1) is 11.8 Å². The van der Waals surface area contributed by atoms with E-state index < -0.39 is 23.8 Å². The molecule has 0 aromatic carbocycles. The van der Waals surface area contributed by atoms with Crippen LogP contribution in [0.2, 0.25) is 0 Å². The topological polar surface area (TPSA) is 74.7 Å². The van der Waals surface area contributed by atoms with E-state index in [1.165, 1.54) is 0 Å². The van der Waals surface area contributed by atoms with Crippen LogP contribution in [0.5, 0.6) is 0 Å². The van der Waals surface area contributed by atoms with Gasteiger partial charge in [0.25, 0.3) is 0 Å². The van der Waals surface area contributed by atoms with Crippen LogP contribution >= 0.6 is 11.6 Å². The Morgan fingerprint density at radius 3 is 2.68 bits per heavy atom. The zero-order valence-corrected chi connectivity index (χ0v) is 11.4. The van der Waals surface area contributed by atoms with Gasteiger partial charge in [0.1, 0.15) is 6.04 Å². The highest BCUT2D eigenvalue weighted by Crippen LogP contribution is 2.40. The Morgan fingerprint density at radius 1 is 1.47 bits per heavy atom. The molecule has 6 heteroatoms. The first-order valence-electron chi connectivity index (χ1n) is 6.41. The molecule has 0 spiro atoms. The van der Waals surface area contributed by atoms with Crippen molar-refractivity contribution in [3.8, 4) is 0 Å². The predicted octanol–water partition coefficient (Wildman–Crippen LogP) is 1.76. The molecule has 19 heavy (non-hydrogen) atoms. The molecule has 0 bridgehead atoms. The van der Waals surface area contributed by atoms with Crippen molar-refractivity contribution >= 4 is 29.4 Å². The fourth-order valence-corrected chi connectivity index (χ4v) is 3.05. The van der Waals surface area contributed by atoms with Crippen molar-refractivity contribution in [2.45, 2.75) is 38.6 Å². The lowest BCUT2D eigenvalue weighted by atomic mass is 9.85. The molecule has 2 amide bonds. The van der Waals surface area contributed by atoms with Crippen molar-refractivity contribution in [1.82, 2.24) is 4.90 Å². The summed E-state index contributed by atoms with van der Waals surface area (Å²) in [5.41, 5.74) is 0. The van der Waals surface area contributed by atoms with Gasteiger partial charge in [-0.2, -0.15) is 0 Å². The number of fused-ring (bicyclic) bond motifs is 1. The number of rotatable bonds is 4. The highest BCUT2D eigenvalue weighted by molar-refractivity contribution is 6.30. The monoisotopic (exact) mass is 285 g/mol. The molecule has 1 heterocycles. The summed E-state index contributed by atoms with van der Waals surface area (Å²) in [4.78, 5) is 36.7. The number of carboxylic acids is 1. The maximum absolute atomic E-state index is 12.3. The smallest absolute Gasteiger partial charge is 0.326 e. The van der Waals surface area contributed by atoms with E-state index in [1.54, 1.807) is 6.08 Å². The standard InChI is InChI=1S/C13H16ClNO4/c1-2-3-10(13(18)19)15-11(16)8-5-4-7(14)6-9(8)12(15)17/h4,8-10H,2-3,5-6H2,1H3,(H,18,19)/t8-,9-,10-/m0/s1. The zero-order valence-electron chi connectivity index (χ0n) is 10.6. The third-order valence-electron chi connectivity index (χ3n) is 3.76. The number of carboxylic acid groups (broad SMARTS) is 1. The predicted molar refractivity (Wildman–Crippen MR) is 68.3 cm³/mol. The number of hydrogen-bond donors (Lipinski definition) is 1. The van der Waals surface area contributed by atoms with Crippen LogP contribution < -0.4 is 0 Å². The summed E-state index contributed by atoms with van der Waals surface area (Å²) in [7, 11) is 0. The molecule has 1 aliphatic heterocycles. The second-order valence-corrected chi connectivity index (χ2v) is 5.48. The number of allylic oxidation sites excluding steroid dienone is 2. The van der Waals surface area contributed by atoms with E-state index in [4.69, 9.17) is 11.6 Å². The maximum atomic E-state index is 12.3. The van der Waals surface area contributed by atoms with E-state index in [0.717, 1.165) is 4.90 Å².